The highest BCUT2D eigenvalue weighted by molar-refractivity contribution is 9.10. The summed E-state index contributed by atoms with van der Waals surface area (Å²) in [6.07, 6.45) is 1.46. The minimum Gasteiger partial charge on any atom is -0.326 e. The molecule has 0 heterocycles. The van der Waals surface area contributed by atoms with Crippen molar-refractivity contribution in [2.24, 2.45) is 5.73 Å². The molecule has 0 aromatic heterocycles. The molecule has 0 amide bonds. The summed E-state index contributed by atoms with van der Waals surface area (Å²) >= 11 is 3.27. The summed E-state index contributed by atoms with van der Waals surface area (Å²) in [4.78, 5) is 0. The number of benzene rings is 1. The molecule has 1 aromatic rings. The van der Waals surface area contributed by atoms with Crippen LogP contribution in [-0.4, -0.2) is 26.5 Å². The van der Waals surface area contributed by atoms with Gasteiger partial charge in [-0.05, 0) is 30.2 Å². The van der Waals surface area contributed by atoms with Crippen molar-refractivity contribution < 1.29 is 12.8 Å². The van der Waals surface area contributed by atoms with Crippen molar-refractivity contribution >= 4 is 25.8 Å². The minimum atomic E-state index is -3.10. The summed E-state index contributed by atoms with van der Waals surface area (Å²) < 4.78 is 35.7. The zero-order chi connectivity index (χ0) is 12.3. The Kier molecular flexibility index (Phi) is 4.46. The Bertz CT molecular complexity index is 476. The topological polar surface area (TPSA) is 60.2 Å². The lowest BCUT2D eigenvalue weighted by Crippen LogP contribution is -2.31. The van der Waals surface area contributed by atoms with Gasteiger partial charge in [0.05, 0.1) is 5.75 Å². The minimum absolute atomic E-state index is 0.101. The van der Waals surface area contributed by atoms with Crippen molar-refractivity contribution in [1.82, 2.24) is 0 Å². The van der Waals surface area contributed by atoms with Gasteiger partial charge in [-0.1, -0.05) is 15.9 Å². The van der Waals surface area contributed by atoms with Gasteiger partial charge in [-0.2, -0.15) is 0 Å². The van der Waals surface area contributed by atoms with E-state index in [1.54, 1.807) is 6.07 Å². The molecule has 0 aliphatic rings. The number of sulfone groups is 1. The van der Waals surface area contributed by atoms with E-state index in [2.05, 4.69) is 15.9 Å². The molecule has 0 saturated heterocycles. The largest absolute Gasteiger partial charge is 0.326 e. The fourth-order valence-electron chi connectivity index (χ4n) is 1.43. The van der Waals surface area contributed by atoms with Gasteiger partial charge in [0, 0.05) is 16.8 Å². The molecule has 0 spiro atoms. The molecule has 90 valence electrons. The van der Waals surface area contributed by atoms with Crippen LogP contribution in [0, 0.1) is 5.82 Å². The third kappa shape index (κ3) is 4.59. The summed E-state index contributed by atoms with van der Waals surface area (Å²) in [5.41, 5.74) is 6.37. The first kappa shape index (κ1) is 13.6. The van der Waals surface area contributed by atoms with Crippen molar-refractivity contribution in [2.75, 3.05) is 12.0 Å². The monoisotopic (exact) mass is 309 g/mol. The zero-order valence-corrected chi connectivity index (χ0v) is 11.2. The molecule has 0 aliphatic carbocycles. The van der Waals surface area contributed by atoms with Gasteiger partial charge in [-0.25, -0.2) is 12.8 Å². The van der Waals surface area contributed by atoms with Crippen molar-refractivity contribution in [1.29, 1.82) is 0 Å². The van der Waals surface area contributed by atoms with E-state index in [0.29, 0.717) is 12.0 Å². The van der Waals surface area contributed by atoms with Crippen molar-refractivity contribution in [2.45, 2.75) is 12.5 Å². The Labute approximate surface area is 103 Å². The number of nitrogens with two attached hydrogens (primary N) is 1. The number of rotatable bonds is 4. The molecule has 1 rings (SSSR count). The first-order valence-electron chi connectivity index (χ1n) is 4.65. The maximum absolute atomic E-state index is 13.0. The molecular weight excluding hydrogens is 297 g/mol. The zero-order valence-electron chi connectivity index (χ0n) is 8.78. The second-order valence-corrected chi connectivity index (χ2v) is 6.83. The Morgan fingerprint density at radius 2 is 2.12 bits per heavy atom. The number of halogens is 2. The average Bonchev–Trinajstić information content (AvgIpc) is 2.08. The van der Waals surface area contributed by atoms with Crippen LogP contribution >= 0.6 is 15.9 Å². The van der Waals surface area contributed by atoms with Gasteiger partial charge in [-0.3, -0.25) is 0 Å². The lowest BCUT2D eigenvalue weighted by molar-refractivity contribution is 0.590. The Balaban J connectivity index is 2.77. The Hall–Kier alpha value is -0.460. The molecule has 2 N–H and O–H groups in total. The van der Waals surface area contributed by atoms with Crippen LogP contribution in [0.5, 0.6) is 0 Å². The third-order valence-electron chi connectivity index (χ3n) is 2.01. The predicted molar refractivity (Wildman–Crippen MR) is 65.5 cm³/mol. The first-order chi connectivity index (χ1) is 7.28. The van der Waals surface area contributed by atoms with E-state index < -0.39 is 15.9 Å². The van der Waals surface area contributed by atoms with Gasteiger partial charge < -0.3 is 5.73 Å². The SMILES string of the molecule is CS(=O)(=O)CC(N)Cc1cc(F)ccc1Br. The molecule has 0 saturated carbocycles. The Morgan fingerprint density at radius 1 is 1.50 bits per heavy atom. The highest BCUT2D eigenvalue weighted by Crippen LogP contribution is 2.19. The van der Waals surface area contributed by atoms with E-state index in [0.717, 1.165) is 10.7 Å². The van der Waals surface area contributed by atoms with E-state index in [1.807, 2.05) is 0 Å². The summed E-state index contributed by atoms with van der Waals surface area (Å²) in [7, 11) is -3.10. The lowest BCUT2D eigenvalue weighted by Gasteiger charge is -2.11. The van der Waals surface area contributed by atoms with Crippen molar-refractivity contribution in [3.8, 4) is 0 Å². The molecule has 0 aliphatic heterocycles. The van der Waals surface area contributed by atoms with E-state index >= 15 is 0 Å². The summed E-state index contributed by atoms with van der Waals surface area (Å²) in [5, 5.41) is 0. The van der Waals surface area contributed by atoms with Crippen LogP contribution in [-0.2, 0) is 16.3 Å². The summed E-state index contributed by atoms with van der Waals surface area (Å²) in [6, 6.07) is 3.74. The van der Waals surface area contributed by atoms with Gasteiger partial charge >= 0.3 is 0 Å². The summed E-state index contributed by atoms with van der Waals surface area (Å²) in [5.74, 6) is -0.458. The van der Waals surface area contributed by atoms with Crippen LogP contribution in [0.25, 0.3) is 0 Å². The van der Waals surface area contributed by atoms with Gasteiger partial charge in [0.2, 0.25) is 0 Å². The molecule has 1 atom stereocenters. The predicted octanol–water partition coefficient (Wildman–Crippen LogP) is 1.50. The van der Waals surface area contributed by atoms with E-state index in [9.17, 15) is 12.8 Å². The van der Waals surface area contributed by atoms with Crippen LogP contribution in [0.4, 0.5) is 4.39 Å². The first-order valence-corrected chi connectivity index (χ1v) is 7.50. The molecule has 6 heteroatoms. The summed E-state index contributed by atoms with van der Waals surface area (Å²) in [6.45, 7) is 0. The highest BCUT2D eigenvalue weighted by Gasteiger charge is 2.13. The lowest BCUT2D eigenvalue weighted by atomic mass is 10.1. The van der Waals surface area contributed by atoms with E-state index in [1.165, 1.54) is 12.1 Å². The molecular formula is C10H13BrFNO2S. The molecule has 0 bridgehead atoms. The van der Waals surface area contributed by atoms with Crippen LogP contribution in [0.3, 0.4) is 0 Å². The quantitative estimate of drug-likeness (QED) is 0.917. The standard InChI is InChI=1S/C10H13BrFNO2S/c1-16(14,15)6-9(13)5-7-4-8(12)2-3-10(7)11/h2-4,9H,5-6,13H2,1H3. The normalized spacial score (nSPS) is 13.8. The molecule has 16 heavy (non-hydrogen) atoms. The van der Waals surface area contributed by atoms with Crippen LogP contribution < -0.4 is 5.73 Å². The highest BCUT2D eigenvalue weighted by atomic mass is 79.9. The fraction of sp³-hybridized carbons (Fsp3) is 0.400. The molecule has 0 radical (unpaired) electrons. The van der Waals surface area contributed by atoms with Gasteiger partial charge in [-0.15, -0.1) is 0 Å². The smallest absolute Gasteiger partial charge is 0.148 e. The van der Waals surface area contributed by atoms with E-state index in [4.69, 9.17) is 5.73 Å². The maximum atomic E-state index is 13.0. The molecule has 3 nitrogen and oxygen atoms in total. The van der Waals surface area contributed by atoms with Gasteiger partial charge in [0.1, 0.15) is 15.7 Å². The number of hydrogen-bond acceptors (Lipinski definition) is 3. The fourth-order valence-corrected chi connectivity index (χ4v) is 2.73. The molecule has 1 unspecified atom stereocenters. The van der Waals surface area contributed by atoms with Crippen LogP contribution in [0.1, 0.15) is 5.56 Å². The second-order valence-electron chi connectivity index (χ2n) is 3.79. The van der Waals surface area contributed by atoms with Gasteiger partial charge in [0.25, 0.3) is 0 Å². The van der Waals surface area contributed by atoms with Crippen LogP contribution in [0.15, 0.2) is 22.7 Å². The average molecular weight is 310 g/mol. The second kappa shape index (κ2) is 5.25. The molecule has 0 fully saturated rings. The van der Waals surface area contributed by atoms with E-state index in [-0.39, 0.29) is 11.6 Å². The third-order valence-corrected chi connectivity index (χ3v) is 3.81. The van der Waals surface area contributed by atoms with Crippen molar-refractivity contribution in [3.63, 3.8) is 0 Å². The number of hydrogen-bond donors (Lipinski definition) is 1. The molecule has 1 aromatic carbocycles. The maximum Gasteiger partial charge on any atom is 0.148 e. The van der Waals surface area contributed by atoms with Crippen molar-refractivity contribution in [3.05, 3.63) is 34.1 Å². The van der Waals surface area contributed by atoms with Gasteiger partial charge in [0.15, 0.2) is 0 Å². The Morgan fingerprint density at radius 3 is 2.69 bits per heavy atom. The van der Waals surface area contributed by atoms with Crippen LogP contribution in [0.2, 0.25) is 0 Å².